The fraction of sp³-hybridized carbons (Fsp3) is 0.682. The Balaban J connectivity index is 2.10. The lowest BCUT2D eigenvalue weighted by atomic mass is 10.1. The Bertz CT molecular complexity index is 953. The van der Waals surface area contributed by atoms with Gasteiger partial charge in [-0.1, -0.05) is 39.8 Å². The molecule has 0 spiro atoms. The Hall–Kier alpha value is -1.33. The topological polar surface area (TPSA) is 95.1 Å². The van der Waals surface area contributed by atoms with Gasteiger partial charge in [-0.25, -0.2) is 8.42 Å². The molecule has 0 atom stereocenters. The molecule has 1 heterocycles. The van der Waals surface area contributed by atoms with E-state index >= 15 is 0 Å². The molecule has 0 unspecified atom stereocenters. The highest BCUT2D eigenvalue weighted by Gasteiger charge is 2.35. The zero-order chi connectivity index (χ0) is 24.1. The number of rotatable bonds is 11. The first-order chi connectivity index (χ1) is 14.9. The van der Waals surface area contributed by atoms with Crippen LogP contribution in [-0.2, 0) is 20.2 Å². The van der Waals surface area contributed by atoms with Crippen molar-refractivity contribution in [3.8, 4) is 0 Å². The fourth-order valence-corrected chi connectivity index (χ4v) is 6.51. The predicted octanol–water partition coefficient (Wildman–Crippen LogP) is 2.83. The maximum Gasteiger partial charge on any atom is 0.282 e. The molecule has 0 N–H and O–H groups in total. The van der Waals surface area contributed by atoms with Gasteiger partial charge < -0.3 is 0 Å². The standard InChI is InChI=1S/C22H37N3O5S2/c1-18(2)10-12-24(13-11-19(3)4)32(29,30)25-16-14-23(15-17-25)31(27,28)22-8-6-21(7-9-22)20(5)26/h6-9,18-19H,10-17H2,1-5H3. The van der Waals surface area contributed by atoms with Crippen molar-refractivity contribution in [2.45, 2.75) is 52.4 Å². The van der Waals surface area contributed by atoms with Crippen LogP contribution >= 0.6 is 0 Å². The third-order valence-electron chi connectivity index (χ3n) is 5.66. The molecular weight excluding hydrogens is 450 g/mol. The third-order valence-corrected chi connectivity index (χ3v) is 9.61. The molecule has 1 fully saturated rings. The molecule has 1 saturated heterocycles. The van der Waals surface area contributed by atoms with Gasteiger partial charge in [0.05, 0.1) is 4.90 Å². The van der Waals surface area contributed by atoms with E-state index in [-0.39, 0.29) is 36.9 Å². The summed E-state index contributed by atoms with van der Waals surface area (Å²) in [4.78, 5) is 11.5. The first-order valence-electron chi connectivity index (χ1n) is 11.2. The van der Waals surface area contributed by atoms with Gasteiger partial charge in [-0.3, -0.25) is 4.79 Å². The van der Waals surface area contributed by atoms with Crippen LogP contribution in [0.15, 0.2) is 29.2 Å². The minimum Gasteiger partial charge on any atom is -0.295 e. The second kappa shape index (κ2) is 11.2. The van der Waals surface area contributed by atoms with Gasteiger partial charge in [0, 0.05) is 44.8 Å². The van der Waals surface area contributed by atoms with E-state index in [2.05, 4.69) is 27.7 Å². The van der Waals surface area contributed by atoms with Crippen LogP contribution in [0.25, 0.3) is 0 Å². The van der Waals surface area contributed by atoms with Crippen molar-refractivity contribution in [2.75, 3.05) is 39.3 Å². The summed E-state index contributed by atoms with van der Waals surface area (Å²) in [5.74, 6) is 0.651. The zero-order valence-electron chi connectivity index (χ0n) is 19.8. The molecule has 2 rings (SSSR count). The lowest BCUT2D eigenvalue weighted by Gasteiger charge is -2.36. The molecule has 0 radical (unpaired) electrons. The van der Waals surface area contributed by atoms with Crippen LogP contribution in [0.1, 0.15) is 57.8 Å². The predicted molar refractivity (Wildman–Crippen MR) is 126 cm³/mol. The van der Waals surface area contributed by atoms with Gasteiger partial charge >= 0.3 is 0 Å². The van der Waals surface area contributed by atoms with Gasteiger partial charge in [0.25, 0.3) is 10.2 Å². The molecule has 0 amide bonds. The molecule has 32 heavy (non-hydrogen) atoms. The minimum atomic E-state index is -3.75. The number of piperazine rings is 1. The van der Waals surface area contributed by atoms with E-state index in [0.29, 0.717) is 30.5 Å². The Morgan fingerprint density at radius 1 is 0.844 bits per heavy atom. The molecule has 1 aliphatic rings. The van der Waals surface area contributed by atoms with Crippen LogP contribution in [0.2, 0.25) is 0 Å². The molecule has 0 aromatic heterocycles. The maximum absolute atomic E-state index is 13.3. The smallest absolute Gasteiger partial charge is 0.282 e. The summed E-state index contributed by atoms with van der Waals surface area (Å²) in [6.45, 7) is 11.1. The highest BCUT2D eigenvalue weighted by molar-refractivity contribution is 7.89. The van der Waals surface area contributed by atoms with Crippen LogP contribution < -0.4 is 0 Å². The molecule has 1 aromatic rings. The van der Waals surface area contributed by atoms with Gasteiger partial charge in [-0.2, -0.15) is 21.3 Å². The summed E-state index contributed by atoms with van der Waals surface area (Å²) in [6, 6.07) is 5.85. The van der Waals surface area contributed by atoms with E-state index in [1.807, 2.05) is 0 Å². The average Bonchev–Trinajstić information content (AvgIpc) is 2.73. The lowest BCUT2D eigenvalue weighted by molar-refractivity contribution is 0.101. The summed E-state index contributed by atoms with van der Waals surface area (Å²) in [5.41, 5.74) is 0.447. The van der Waals surface area contributed by atoms with Crippen molar-refractivity contribution in [3.63, 3.8) is 0 Å². The molecule has 1 aromatic carbocycles. The Morgan fingerprint density at radius 2 is 1.28 bits per heavy atom. The molecular formula is C22H37N3O5S2. The van der Waals surface area contributed by atoms with E-state index in [4.69, 9.17) is 0 Å². The number of carbonyl (C=O) groups is 1. The first-order valence-corrected chi connectivity index (χ1v) is 14.1. The van der Waals surface area contributed by atoms with E-state index in [9.17, 15) is 21.6 Å². The Labute approximate surface area is 193 Å². The SMILES string of the molecule is CC(=O)c1ccc(S(=O)(=O)N2CCN(S(=O)(=O)N(CCC(C)C)CCC(C)C)CC2)cc1. The number of carbonyl (C=O) groups excluding carboxylic acids is 1. The second-order valence-corrected chi connectivity index (χ2v) is 13.0. The van der Waals surface area contributed by atoms with Gasteiger partial charge in [0.1, 0.15) is 0 Å². The summed E-state index contributed by atoms with van der Waals surface area (Å²) >= 11 is 0. The average molecular weight is 488 g/mol. The van der Waals surface area contributed by atoms with Gasteiger partial charge in [-0.05, 0) is 43.7 Å². The molecule has 0 aliphatic carbocycles. The van der Waals surface area contributed by atoms with Gasteiger partial charge in [0.2, 0.25) is 10.0 Å². The molecule has 10 heteroatoms. The van der Waals surface area contributed by atoms with E-state index in [1.165, 1.54) is 39.8 Å². The Morgan fingerprint density at radius 3 is 1.69 bits per heavy atom. The molecule has 1 aliphatic heterocycles. The van der Waals surface area contributed by atoms with Crippen LogP contribution in [-0.4, -0.2) is 74.8 Å². The summed E-state index contributed by atoms with van der Waals surface area (Å²) in [6.07, 6.45) is 1.56. The number of Topliss-reactive ketones (excluding diaryl/α,β-unsaturated/α-hetero) is 1. The van der Waals surface area contributed by atoms with Crippen LogP contribution in [0.5, 0.6) is 0 Å². The number of nitrogens with zero attached hydrogens (tertiary/aromatic N) is 3. The summed E-state index contributed by atoms with van der Waals surface area (Å²) in [5, 5.41) is 0. The summed E-state index contributed by atoms with van der Waals surface area (Å²) in [7, 11) is -7.41. The quantitative estimate of drug-likeness (QED) is 0.447. The molecule has 182 valence electrons. The molecule has 0 saturated carbocycles. The van der Waals surface area contributed by atoms with Crippen LogP contribution in [0.4, 0.5) is 0 Å². The second-order valence-electron chi connectivity index (χ2n) is 9.16. The number of hydrogen-bond acceptors (Lipinski definition) is 5. The summed E-state index contributed by atoms with van der Waals surface area (Å²) < 4.78 is 56.8. The zero-order valence-corrected chi connectivity index (χ0v) is 21.5. The van der Waals surface area contributed by atoms with Gasteiger partial charge in [-0.15, -0.1) is 0 Å². The normalized spacial score (nSPS) is 16.9. The van der Waals surface area contributed by atoms with E-state index in [1.54, 1.807) is 4.31 Å². The van der Waals surface area contributed by atoms with Crippen molar-refractivity contribution < 1.29 is 21.6 Å². The third kappa shape index (κ3) is 6.84. The number of sulfonamides is 1. The van der Waals surface area contributed by atoms with E-state index < -0.39 is 20.2 Å². The highest BCUT2D eigenvalue weighted by atomic mass is 32.2. The Kier molecular flexibility index (Phi) is 9.42. The van der Waals surface area contributed by atoms with Crippen molar-refractivity contribution in [1.29, 1.82) is 0 Å². The van der Waals surface area contributed by atoms with E-state index in [0.717, 1.165) is 12.8 Å². The van der Waals surface area contributed by atoms with Crippen molar-refractivity contribution in [1.82, 2.24) is 12.9 Å². The lowest BCUT2D eigenvalue weighted by Crippen LogP contribution is -2.54. The van der Waals surface area contributed by atoms with Gasteiger partial charge in [0.15, 0.2) is 5.78 Å². The number of ketones is 1. The molecule has 0 bridgehead atoms. The number of hydrogen-bond donors (Lipinski definition) is 0. The van der Waals surface area contributed by atoms with Crippen molar-refractivity contribution in [3.05, 3.63) is 29.8 Å². The highest BCUT2D eigenvalue weighted by Crippen LogP contribution is 2.21. The maximum atomic E-state index is 13.3. The first kappa shape index (κ1) is 26.9. The minimum absolute atomic E-state index is 0.0955. The number of benzene rings is 1. The van der Waals surface area contributed by atoms with Crippen molar-refractivity contribution in [2.24, 2.45) is 11.8 Å². The fourth-order valence-electron chi connectivity index (χ4n) is 3.46. The van der Waals surface area contributed by atoms with Crippen molar-refractivity contribution >= 4 is 26.0 Å². The van der Waals surface area contributed by atoms with Crippen LogP contribution in [0, 0.1) is 11.8 Å². The molecule has 8 nitrogen and oxygen atoms in total. The largest absolute Gasteiger partial charge is 0.295 e. The van der Waals surface area contributed by atoms with Crippen LogP contribution in [0.3, 0.4) is 0 Å². The monoisotopic (exact) mass is 487 g/mol.